The third-order valence-electron chi connectivity index (χ3n) is 3.60. The van der Waals surface area contributed by atoms with E-state index in [1.54, 1.807) is 6.92 Å². The minimum absolute atomic E-state index is 0.183. The Morgan fingerprint density at radius 1 is 1.14 bits per heavy atom. The van der Waals surface area contributed by atoms with Crippen molar-refractivity contribution in [3.05, 3.63) is 45.3 Å². The largest absolute Gasteiger partial charge is 0.368 e. The molecular weight excluding hydrogens is 290 g/mol. The fraction of sp³-hybridized carbons (Fsp3) is 0.357. The van der Waals surface area contributed by atoms with Crippen molar-refractivity contribution < 1.29 is 0 Å². The van der Waals surface area contributed by atoms with E-state index in [2.05, 4.69) is 26.1 Å². The summed E-state index contributed by atoms with van der Waals surface area (Å²) in [5, 5.41) is 8.67. The number of H-pyrrole nitrogens is 1. The summed E-state index contributed by atoms with van der Waals surface area (Å²) < 4.78 is 0. The summed E-state index contributed by atoms with van der Waals surface area (Å²) >= 11 is 6.03. The van der Waals surface area contributed by atoms with Crippen molar-refractivity contribution in [3.63, 3.8) is 0 Å². The first-order valence-corrected chi connectivity index (χ1v) is 7.20. The zero-order valence-corrected chi connectivity index (χ0v) is 12.5. The van der Waals surface area contributed by atoms with Crippen LogP contribution in [0.4, 0.5) is 11.6 Å². The molecule has 6 nitrogen and oxygen atoms in total. The second-order valence-corrected chi connectivity index (χ2v) is 5.45. The molecule has 1 aliphatic heterocycles. The van der Waals surface area contributed by atoms with Crippen molar-refractivity contribution in [2.45, 2.75) is 6.92 Å². The first-order chi connectivity index (χ1) is 10.1. The number of anilines is 2. The van der Waals surface area contributed by atoms with Crippen molar-refractivity contribution >= 4 is 23.2 Å². The van der Waals surface area contributed by atoms with E-state index in [0.717, 1.165) is 36.9 Å². The molecule has 2 aromatic rings. The number of aromatic nitrogens is 3. The van der Waals surface area contributed by atoms with E-state index in [-0.39, 0.29) is 5.56 Å². The Morgan fingerprint density at radius 2 is 1.86 bits per heavy atom. The van der Waals surface area contributed by atoms with Crippen molar-refractivity contribution in [1.29, 1.82) is 0 Å². The van der Waals surface area contributed by atoms with Crippen LogP contribution in [0.15, 0.2) is 29.1 Å². The van der Waals surface area contributed by atoms with Gasteiger partial charge in [0.15, 0.2) is 0 Å². The van der Waals surface area contributed by atoms with Crippen LogP contribution >= 0.6 is 11.6 Å². The monoisotopic (exact) mass is 305 g/mol. The molecule has 110 valence electrons. The molecule has 3 rings (SSSR count). The number of piperazine rings is 1. The molecule has 0 spiro atoms. The third-order valence-corrected chi connectivity index (χ3v) is 3.84. The number of halogens is 1. The molecule has 0 unspecified atom stereocenters. The molecule has 0 bridgehead atoms. The number of rotatable bonds is 2. The van der Waals surface area contributed by atoms with Gasteiger partial charge in [-0.3, -0.25) is 9.78 Å². The topological polar surface area (TPSA) is 65.1 Å². The van der Waals surface area contributed by atoms with Crippen molar-refractivity contribution in [2.24, 2.45) is 0 Å². The van der Waals surface area contributed by atoms with Crippen LogP contribution in [-0.4, -0.2) is 41.4 Å². The summed E-state index contributed by atoms with van der Waals surface area (Å²) in [5.74, 6) is 0.538. The highest BCUT2D eigenvalue weighted by atomic mass is 35.5. The molecule has 0 atom stereocenters. The van der Waals surface area contributed by atoms with Gasteiger partial charge in [-0.25, -0.2) is 0 Å². The van der Waals surface area contributed by atoms with Crippen LogP contribution in [0, 0.1) is 6.92 Å². The van der Waals surface area contributed by atoms with Gasteiger partial charge in [0, 0.05) is 36.9 Å². The van der Waals surface area contributed by atoms with Gasteiger partial charge in [0.25, 0.3) is 5.56 Å². The highest BCUT2D eigenvalue weighted by molar-refractivity contribution is 6.30. The van der Waals surface area contributed by atoms with Gasteiger partial charge in [0.2, 0.25) is 5.95 Å². The quantitative estimate of drug-likeness (QED) is 0.910. The average molecular weight is 306 g/mol. The van der Waals surface area contributed by atoms with E-state index < -0.39 is 0 Å². The molecule has 1 saturated heterocycles. The number of aromatic amines is 1. The number of benzene rings is 1. The summed E-state index contributed by atoms with van der Waals surface area (Å²) in [6, 6.07) is 7.83. The Labute approximate surface area is 127 Å². The fourth-order valence-corrected chi connectivity index (χ4v) is 2.56. The van der Waals surface area contributed by atoms with E-state index in [0.29, 0.717) is 11.6 Å². The van der Waals surface area contributed by atoms with Crippen LogP contribution in [-0.2, 0) is 0 Å². The molecular formula is C14H16ClN5O. The van der Waals surface area contributed by atoms with Gasteiger partial charge in [-0.1, -0.05) is 17.7 Å². The van der Waals surface area contributed by atoms with Crippen molar-refractivity contribution in [1.82, 2.24) is 15.2 Å². The first kappa shape index (κ1) is 13.9. The van der Waals surface area contributed by atoms with Crippen LogP contribution in [0.3, 0.4) is 0 Å². The minimum Gasteiger partial charge on any atom is -0.368 e. The molecule has 0 aliphatic carbocycles. The van der Waals surface area contributed by atoms with Crippen LogP contribution in [0.5, 0.6) is 0 Å². The van der Waals surface area contributed by atoms with Gasteiger partial charge < -0.3 is 9.80 Å². The Balaban J connectivity index is 1.70. The Morgan fingerprint density at radius 3 is 2.52 bits per heavy atom. The van der Waals surface area contributed by atoms with Crippen molar-refractivity contribution in [3.8, 4) is 0 Å². The predicted octanol–water partition coefficient (Wildman–Crippen LogP) is 1.45. The Hall–Kier alpha value is -2.08. The minimum atomic E-state index is -0.183. The number of nitrogens with one attached hydrogen (secondary N) is 1. The average Bonchev–Trinajstić information content (AvgIpc) is 2.50. The van der Waals surface area contributed by atoms with E-state index in [1.807, 2.05) is 23.1 Å². The van der Waals surface area contributed by atoms with Crippen LogP contribution < -0.4 is 15.4 Å². The van der Waals surface area contributed by atoms with Gasteiger partial charge in [-0.2, -0.15) is 0 Å². The molecule has 0 radical (unpaired) electrons. The molecule has 1 aliphatic rings. The first-order valence-electron chi connectivity index (χ1n) is 6.82. The summed E-state index contributed by atoms with van der Waals surface area (Å²) in [5.41, 5.74) is 1.32. The van der Waals surface area contributed by atoms with Gasteiger partial charge >= 0.3 is 0 Å². The summed E-state index contributed by atoms with van der Waals surface area (Å²) in [6.45, 7) is 4.89. The molecule has 0 amide bonds. The number of aryl methyl sites for hydroxylation is 1. The standard InChI is InChI=1S/C14H16ClN5O/c1-10-13(21)16-14(18-17-10)20-7-5-19(6-8-20)12-4-2-3-11(15)9-12/h2-4,9H,5-8H2,1H3,(H,16,18,21). The van der Waals surface area contributed by atoms with Crippen LogP contribution in [0.2, 0.25) is 5.02 Å². The lowest BCUT2D eigenvalue weighted by Gasteiger charge is -2.36. The summed E-state index contributed by atoms with van der Waals surface area (Å²) in [6.07, 6.45) is 0. The maximum Gasteiger partial charge on any atom is 0.273 e. The lowest BCUT2D eigenvalue weighted by molar-refractivity contribution is 0.632. The molecule has 1 fully saturated rings. The van der Waals surface area contributed by atoms with E-state index >= 15 is 0 Å². The third kappa shape index (κ3) is 3.00. The highest BCUT2D eigenvalue weighted by Gasteiger charge is 2.19. The Bertz CT molecular complexity index is 694. The number of nitrogens with zero attached hydrogens (tertiary/aromatic N) is 4. The summed E-state index contributed by atoms with van der Waals surface area (Å²) in [4.78, 5) is 18.7. The van der Waals surface area contributed by atoms with Gasteiger partial charge in [-0.05, 0) is 25.1 Å². The SMILES string of the molecule is Cc1nnc(N2CCN(c3cccc(Cl)c3)CC2)[nH]c1=O. The molecule has 1 N–H and O–H groups in total. The Kier molecular flexibility index (Phi) is 3.79. The van der Waals surface area contributed by atoms with Crippen LogP contribution in [0.25, 0.3) is 0 Å². The number of hydrogen-bond acceptors (Lipinski definition) is 5. The molecule has 2 heterocycles. The van der Waals surface area contributed by atoms with Gasteiger partial charge in [0.05, 0.1) is 0 Å². The van der Waals surface area contributed by atoms with E-state index in [4.69, 9.17) is 11.6 Å². The molecule has 21 heavy (non-hydrogen) atoms. The second kappa shape index (κ2) is 5.73. The predicted molar refractivity (Wildman–Crippen MR) is 83.3 cm³/mol. The van der Waals surface area contributed by atoms with E-state index in [1.165, 1.54) is 0 Å². The normalized spacial score (nSPS) is 15.3. The van der Waals surface area contributed by atoms with Crippen LogP contribution in [0.1, 0.15) is 5.69 Å². The lowest BCUT2D eigenvalue weighted by atomic mass is 10.2. The smallest absolute Gasteiger partial charge is 0.273 e. The summed E-state index contributed by atoms with van der Waals surface area (Å²) in [7, 11) is 0. The van der Waals surface area contributed by atoms with Crippen molar-refractivity contribution in [2.75, 3.05) is 36.0 Å². The maximum atomic E-state index is 11.6. The number of hydrogen-bond donors (Lipinski definition) is 1. The maximum absolute atomic E-state index is 11.6. The molecule has 1 aromatic heterocycles. The highest BCUT2D eigenvalue weighted by Crippen LogP contribution is 2.21. The zero-order chi connectivity index (χ0) is 14.8. The van der Waals surface area contributed by atoms with E-state index in [9.17, 15) is 4.79 Å². The van der Waals surface area contributed by atoms with Gasteiger partial charge in [0.1, 0.15) is 5.69 Å². The molecule has 7 heteroatoms. The molecule has 1 aromatic carbocycles. The fourth-order valence-electron chi connectivity index (χ4n) is 2.38. The zero-order valence-electron chi connectivity index (χ0n) is 11.7. The lowest BCUT2D eigenvalue weighted by Crippen LogP contribution is -2.47. The van der Waals surface area contributed by atoms with Gasteiger partial charge in [-0.15, -0.1) is 10.2 Å². The second-order valence-electron chi connectivity index (χ2n) is 5.02. The molecule has 0 saturated carbocycles.